The highest BCUT2D eigenvalue weighted by Crippen LogP contribution is 2.34. The molecule has 2 nitrogen and oxygen atoms in total. The zero-order valence-electron chi connectivity index (χ0n) is 11.1. The molecule has 19 heavy (non-hydrogen) atoms. The third-order valence-electron chi connectivity index (χ3n) is 4.44. The first-order valence-corrected chi connectivity index (χ1v) is 8.01. The van der Waals surface area contributed by atoms with Crippen molar-refractivity contribution in [3.8, 4) is 0 Å². The average Bonchev–Trinajstić information content (AvgIpc) is 2.38. The van der Waals surface area contributed by atoms with Crippen molar-refractivity contribution in [2.75, 3.05) is 19.6 Å². The number of hydrogen-bond donors (Lipinski definition) is 0. The van der Waals surface area contributed by atoms with Crippen molar-refractivity contribution in [2.24, 2.45) is 11.8 Å². The van der Waals surface area contributed by atoms with Crippen LogP contribution >= 0.6 is 15.9 Å². The molecule has 0 amide bonds. The van der Waals surface area contributed by atoms with Gasteiger partial charge in [0.05, 0.1) is 6.54 Å². The lowest BCUT2D eigenvalue weighted by Crippen LogP contribution is -2.44. The number of nitrogens with zero attached hydrogens (tertiary/aromatic N) is 1. The summed E-state index contributed by atoms with van der Waals surface area (Å²) in [6.07, 6.45) is 5.50. The highest BCUT2D eigenvalue weighted by atomic mass is 79.9. The molecule has 1 heterocycles. The number of carbonyl (C=O) groups excluding carboxylic acids is 1. The van der Waals surface area contributed by atoms with Crippen LogP contribution in [-0.2, 0) is 0 Å². The molecule has 2 unspecified atom stereocenters. The van der Waals surface area contributed by atoms with E-state index >= 15 is 0 Å². The van der Waals surface area contributed by atoms with Gasteiger partial charge in [0.15, 0.2) is 5.78 Å². The van der Waals surface area contributed by atoms with Crippen LogP contribution in [0.5, 0.6) is 0 Å². The van der Waals surface area contributed by atoms with Gasteiger partial charge in [0.1, 0.15) is 0 Å². The van der Waals surface area contributed by atoms with Crippen molar-refractivity contribution in [1.82, 2.24) is 4.90 Å². The summed E-state index contributed by atoms with van der Waals surface area (Å²) in [5.74, 6) is 1.92. The lowest BCUT2D eigenvalue weighted by Gasteiger charge is -2.41. The first kappa shape index (κ1) is 13.3. The fraction of sp³-hybridized carbons (Fsp3) is 0.562. The topological polar surface area (TPSA) is 20.3 Å². The number of benzene rings is 1. The Kier molecular flexibility index (Phi) is 4.04. The van der Waals surface area contributed by atoms with Gasteiger partial charge in [-0.2, -0.15) is 0 Å². The number of ketones is 1. The fourth-order valence-electron chi connectivity index (χ4n) is 3.62. The molecular weight excluding hydrogens is 302 g/mol. The molecule has 0 aromatic heterocycles. The van der Waals surface area contributed by atoms with Gasteiger partial charge in [0.25, 0.3) is 0 Å². The highest BCUT2D eigenvalue weighted by Gasteiger charge is 2.31. The Bertz CT molecular complexity index is 462. The summed E-state index contributed by atoms with van der Waals surface area (Å²) in [7, 11) is 0. The van der Waals surface area contributed by atoms with Gasteiger partial charge in [-0.1, -0.05) is 34.5 Å². The number of piperidine rings is 1. The van der Waals surface area contributed by atoms with Crippen molar-refractivity contribution in [3.05, 3.63) is 34.3 Å². The Hall–Kier alpha value is -0.670. The summed E-state index contributed by atoms with van der Waals surface area (Å²) in [5.41, 5.74) is 0.824. The van der Waals surface area contributed by atoms with Crippen LogP contribution in [0, 0.1) is 11.8 Å². The highest BCUT2D eigenvalue weighted by molar-refractivity contribution is 9.10. The minimum absolute atomic E-state index is 0.251. The summed E-state index contributed by atoms with van der Waals surface area (Å²) < 4.78 is 0.980. The molecule has 2 aliphatic rings. The molecule has 3 heteroatoms. The minimum atomic E-state index is 0.251. The van der Waals surface area contributed by atoms with Gasteiger partial charge in [-0.3, -0.25) is 9.69 Å². The first-order valence-electron chi connectivity index (χ1n) is 7.22. The SMILES string of the molecule is O=C(CN1CC2CCCC(C2)C1)c1cccc(Br)c1. The fourth-order valence-corrected chi connectivity index (χ4v) is 4.02. The van der Waals surface area contributed by atoms with E-state index in [9.17, 15) is 4.79 Å². The van der Waals surface area contributed by atoms with Crippen LogP contribution in [0.25, 0.3) is 0 Å². The third-order valence-corrected chi connectivity index (χ3v) is 4.93. The number of Topliss-reactive ketones (excluding diaryl/α,β-unsaturated/α-hetero) is 1. The maximum absolute atomic E-state index is 12.3. The summed E-state index contributed by atoms with van der Waals surface area (Å²) in [4.78, 5) is 14.7. The Morgan fingerprint density at radius 1 is 1.26 bits per heavy atom. The molecule has 0 spiro atoms. The molecule has 1 aromatic carbocycles. The van der Waals surface area contributed by atoms with Gasteiger partial charge < -0.3 is 0 Å². The summed E-state index contributed by atoms with van der Waals surface area (Å²) >= 11 is 3.43. The lowest BCUT2D eigenvalue weighted by atomic mass is 9.78. The van der Waals surface area contributed by atoms with E-state index in [0.29, 0.717) is 6.54 Å². The summed E-state index contributed by atoms with van der Waals surface area (Å²) in [5, 5.41) is 0. The van der Waals surface area contributed by atoms with Crippen LogP contribution in [-0.4, -0.2) is 30.3 Å². The molecule has 3 rings (SSSR count). The standard InChI is InChI=1S/C16H20BrNO/c17-15-6-2-5-14(8-15)16(19)11-18-9-12-3-1-4-13(7-12)10-18/h2,5-6,8,12-13H,1,3-4,7,9-11H2. The van der Waals surface area contributed by atoms with Crippen molar-refractivity contribution < 1.29 is 4.79 Å². The number of hydrogen-bond acceptors (Lipinski definition) is 2. The van der Waals surface area contributed by atoms with E-state index in [0.717, 1.165) is 35.0 Å². The number of fused-ring (bicyclic) bond motifs is 2. The second kappa shape index (κ2) is 5.76. The van der Waals surface area contributed by atoms with Gasteiger partial charge >= 0.3 is 0 Å². The molecule has 2 atom stereocenters. The van der Waals surface area contributed by atoms with E-state index in [1.807, 2.05) is 24.3 Å². The largest absolute Gasteiger partial charge is 0.295 e. The van der Waals surface area contributed by atoms with E-state index in [1.54, 1.807) is 0 Å². The van der Waals surface area contributed by atoms with Crippen LogP contribution in [0.15, 0.2) is 28.7 Å². The molecule has 2 fully saturated rings. The van der Waals surface area contributed by atoms with E-state index in [2.05, 4.69) is 20.8 Å². The first-order chi connectivity index (χ1) is 9.20. The normalized spacial score (nSPS) is 27.2. The van der Waals surface area contributed by atoms with Crippen LogP contribution in [0.3, 0.4) is 0 Å². The van der Waals surface area contributed by atoms with Crippen molar-refractivity contribution in [2.45, 2.75) is 25.7 Å². The third kappa shape index (κ3) is 3.26. The smallest absolute Gasteiger partial charge is 0.176 e. The van der Waals surface area contributed by atoms with E-state index in [-0.39, 0.29) is 5.78 Å². The minimum Gasteiger partial charge on any atom is -0.295 e. The quantitative estimate of drug-likeness (QED) is 0.790. The molecule has 1 aromatic rings. The Labute approximate surface area is 123 Å². The van der Waals surface area contributed by atoms with Crippen molar-refractivity contribution in [1.29, 1.82) is 0 Å². The predicted octanol–water partition coefficient (Wildman–Crippen LogP) is 3.75. The van der Waals surface area contributed by atoms with Crippen LogP contribution < -0.4 is 0 Å². The predicted molar refractivity (Wildman–Crippen MR) is 80.4 cm³/mol. The summed E-state index contributed by atoms with van der Waals surface area (Å²) in [6.45, 7) is 2.83. The van der Waals surface area contributed by atoms with Crippen molar-refractivity contribution in [3.63, 3.8) is 0 Å². The van der Waals surface area contributed by atoms with E-state index in [4.69, 9.17) is 0 Å². The lowest BCUT2D eigenvalue weighted by molar-refractivity contribution is 0.0702. The molecular formula is C16H20BrNO. The molecule has 1 saturated heterocycles. The van der Waals surface area contributed by atoms with Gasteiger partial charge in [0.2, 0.25) is 0 Å². The zero-order chi connectivity index (χ0) is 13.2. The van der Waals surface area contributed by atoms with Crippen LogP contribution in [0.4, 0.5) is 0 Å². The second-order valence-electron chi connectivity index (χ2n) is 6.03. The monoisotopic (exact) mass is 321 g/mol. The zero-order valence-corrected chi connectivity index (χ0v) is 12.7. The number of likely N-dealkylation sites (tertiary alicyclic amines) is 1. The molecule has 102 valence electrons. The molecule has 1 aliphatic heterocycles. The summed E-state index contributed by atoms with van der Waals surface area (Å²) in [6, 6.07) is 7.73. The number of halogens is 1. The number of carbonyl (C=O) groups is 1. The molecule has 1 aliphatic carbocycles. The van der Waals surface area contributed by atoms with Gasteiger partial charge in [-0.15, -0.1) is 0 Å². The van der Waals surface area contributed by atoms with Crippen LogP contribution in [0.2, 0.25) is 0 Å². The number of rotatable bonds is 3. The average molecular weight is 322 g/mol. The molecule has 0 radical (unpaired) electrons. The second-order valence-corrected chi connectivity index (χ2v) is 6.94. The van der Waals surface area contributed by atoms with E-state index < -0.39 is 0 Å². The van der Waals surface area contributed by atoms with Gasteiger partial charge in [0, 0.05) is 23.1 Å². The van der Waals surface area contributed by atoms with Crippen LogP contribution in [0.1, 0.15) is 36.0 Å². The molecule has 2 bridgehead atoms. The van der Waals surface area contributed by atoms with Crippen molar-refractivity contribution >= 4 is 21.7 Å². The Balaban J connectivity index is 1.63. The molecule has 1 saturated carbocycles. The van der Waals surface area contributed by atoms with Gasteiger partial charge in [-0.25, -0.2) is 0 Å². The van der Waals surface area contributed by atoms with E-state index in [1.165, 1.54) is 25.7 Å². The molecule has 0 N–H and O–H groups in total. The maximum atomic E-state index is 12.3. The Morgan fingerprint density at radius 2 is 2.00 bits per heavy atom. The Morgan fingerprint density at radius 3 is 2.68 bits per heavy atom. The maximum Gasteiger partial charge on any atom is 0.176 e. The van der Waals surface area contributed by atoms with Gasteiger partial charge in [-0.05, 0) is 43.2 Å².